The first kappa shape index (κ1) is 16.1. The molecule has 2 fully saturated rings. The van der Waals surface area contributed by atoms with Gasteiger partial charge in [-0.2, -0.15) is 0 Å². The Morgan fingerprint density at radius 1 is 1.43 bits per heavy atom. The molecule has 1 aromatic rings. The van der Waals surface area contributed by atoms with Gasteiger partial charge in [0.15, 0.2) is 0 Å². The van der Waals surface area contributed by atoms with Gasteiger partial charge in [-0.25, -0.2) is 4.79 Å². The summed E-state index contributed by atoms with van der Waals surface area (Å²) in [6.07, 6.45) is 6.56. The fourth-order valence-corrected chi connectivity index (χ4v) is 4.11. The SMILES string of the molecule is CN(C)C(=O)NC1CC2(CCN(C(=O)/C=C/c3cccs3)C2)C1. The number of nitrogens with one attached hydrogen (secondary N) is 1. The first-order valence-corrected chi connectivity index (χ1v) is 8.84. The van der Waals surface area contributed by atoms with Crippen LogP contribution in [0.3, 0.4) is 0 Å². The third kappa shape index (κ3) is 3.58. The van der Waals surface area contributed by atoms with Gasteiger partial charge >= 0.3 is 6.03 Å². The lowest BCUT2D eigenvalue weighted by atomic mass is 9.65. The van der Waals surface area contributed by atoms with Crippen molar-refractivity contribution in [3.8, 4) is 0 Å². The van der Waals surface area contributed by atoms with E-state index in [0.29, 0.717) is 0 Å². The highest BCUT2D eigenvalue weighted by molar-refractivity contribution is 7.10. The molecule has 5 nitrogen and oxygen atoms in total. The van der Waals surface area contributed by atoms with E-state index in [2.05, 4.69) is 5.32 Å². The van der Waals surface area contributed by atoms with Crippen molar-refractivity contribution in [2.45, 2.75) is 25.3 Å². The number of nitrogens with zero attached hydrogens (tertiary/aromatic N) is 2. The smallest absolute Gasteiger partial charge is 0.317 e. The van der Waals surface area contributed by atoms with Crippen molar-refractivity contribution >= 4 is 29.4 Å². The summed E-state index contributed by atoms with van der Waals surface area (Å²) in [6.45, 7) is 1.64. The lowest BCUT2D eigenvalue weighted by Crippen LogP contribution is -2.54. The minimum Gasteiger partial charge on any atom is -0.339 e. The Labute approximate surface area is 141 Å². The lowest BCUT2D eigenvalue weighted by molar-refractivity contribution is -0.125. The zero-order valence-corrected chi connectivity index (χ0v) is 14.4. The number of rotatable bonds is 3. The summed E-state index contributed by atoms with van der Waals surface area (Å²) in [5.74, 6) is 0.0936. The molecule has 1 saturated heterocycles. The summed E-state index contributed by atoms with van der Waals surface area (Å²) in [5, 5.41) is 5.03. The second-order valence-corrected chi connectivity index (χ2v) is 7.79. The Hall–Kier alpha value is -1.82. The zero-order chi connectivity index (χ0) is 16.4. The van der Waals surface area contributed by atoms with Gasteiger partial charge in [0.1, 0.15) is 0 Å². The number of hydrogen-bond acceptors (Lipinski definition) is 3. The van der Waals surface area contributed by atoms with Crippen LogP contribution in [0.5, 0.6) is 0 Å². The summed E-state index contributed by atoms with van der Waals surface area (Å²) in [7, 11) is 3.50. The Balaban J connectivity index is 1.48. The first-order valence-electron chi connectivity index (χ1n) is 7.96. The number of thiophene rings is 1. The third-order valence-electron chi connectivity index (χ3n) is 4.78. The molecule has 6 heteroatoms. The van der Waals surface area contributed by atoms with Gasteiger partial charge < -0.3 is 15.1 Å². The predicted octanol–water partition coefficient (Wildman–Crippen LogP) is 2.41. The third-order valence-corrected chi connectivity index (χ3v) is 5.61. The minimum absolute atomic E-state index is 0.0327. The molecule has 0 bridgehead atoms. The maximum atomic E-state index is 12.3. The second kappa shape index (κ2) is 6.35. The van der Waals surface area contributed by atoms with Crippen molar-refractivity contribution < 1.29 is 9.59 Å². The molecule has 0 aromatic carbocycles. The van der Waals surface area contributed by atoms with Gasteiger partial charge in [-0.3, -0.25) is 4.79 Å². The van der Waals surface area contributed by atoms with Crippen LogP contribution in [0.2, 0.25) is 0 Å². The maximum Gasteiger partial charge on any atom is 0.317 e. The van der Waals surface area contributed by atoms with Gasteiger partial charge in [-0.15, -0.1) is 11.3 Å². The summed E-state index contributed by atoms with van der Waals surface area (Å²) in [5.41, 5.74) is 0.219. The predicted molar refractivity (Wildman–Crippen MR) is 92.2 cm³/mol. The van der Waals surface area contributed by atoms with Crippen LogP contribution in [-0.2, 0) is 4.79 Å². The molecule has 3 amide bonds. The lowest BCUT2D eigenvalue weighted by Gasteiger charge is -2.45. The molecule has 1 aliphatic heterocycles. The number of carbonyl (C=O) groups is 2. The number of hydrogen-bond donors (Lipinski definition) is 1. The molecule has 1 N–H and O–H groups in total. The van der Waals surface area contributed by atoms with Gasteiger partial charge in [-0.05, 0) is 42.2 Å². The fourth-order valence-electron chi connectivity index (χ4n) is 3.49. The van der Waals surface area contributed by atoms with Gasteiger partial charge in [-0.1, -0.05) is 6.07 Å². The van der Waals surface area contributed by atoms with E-state index in [4.69, 9.17) is 0 Å². The number of carbonyl (C=O) groups excluding carboxylic acids is 2. The van der Waals surface area contributed by atoms with E-state index in [1.807, 2.05) is 28.5 Å². The zero-order valence-electron chi connectivity index (χ0n) is 13.6. The molecule has 3 rings (SSSR count). The summed E-state index contributed by atoms with van der Waals surface area (Å²) < 4.78 is 0. The standard InChI is InChI=1S/C17H23N3O2S/c1-19(2)16(22)18-13-10-17(11-13)7-8-20(12-17)15(21)6-5-14-4-3-9-23-14/h3-6,9,13H,7-8,10-12H2,1-2H3,(H,18,22)/b6-5+. The van der Waals surface area contributed by atoms with E-state index in [1.54, 1.807) is 36.4 Å². The maximum absolute atomic E-state index is 12.3. The average Bonchev–Trinajstić information content (AvgIpc) is 3.13. The van der Waals surface area contributed by atoms with Crippen molar-refractivity contribution in [3.05, 3.63) is 28.5 Å². The molecule has 1 aliphatic carbocycles. The van der Waals surface area contributed by atoms with Crippen molar-refractivity contribution in [1.29, 1.82) is 0 Å². The normalized spacial score (nSPS) is 26.5. The monoisotopic (exact) mass is 333 g/mol. The van der Waals surface area contributed by atoms with Crippen LogP contribution in [0, 0.1) is 5.41 Å². The van der Waals surface area contributed by atoms with Crippen LogP contribution in [0.25, 0.3) is 6.08 Å². The van der Waals surface area contributed by atoms with Crippen LogP contribution in [0.4, 0.5) is 4.79 Å². The molecule has 2 heterocycles. The van der Waals surface area contributed by atoms with Crippen molar-refractivity contribution in [2.75, 3.05) is 27.2 Å². The van der Waals surface area contributed by atoms with Crippen LogP contribution >= 0.6 is 11.3 Å². The number of urea groups is 1. The Morgan fingerprint density at radius 2 is 2.22 bits per heavy atom. The van der Waals surface area contributed by atoms with Gasteiger partial charge in [0, 0.05) is 44.2 Å². The quantitative estimate of drug-likeness (QED) is 0.864. The first-order chi connectivity index (χ1) is 11.0. The Kier molecular flexibility index (Phi) is 4.43. The van der Waals surface area contributed by atoms with E-state index in [-0.39, 0.29) is 23.4 Å². The van der Waals surface area contributed by atoms with E-state index in [1.165, 1.54) is 0 Å². The summed E-state index contributed by atoms with van der Waals surface area (Å²) in [6, 6.07) is 4.20. The fraction of sp³-hybridized carbons (Fsp3) is 0.529. The van der Waals surface area contributed by atoms with Crippen LogP contribution in [0.15, 0.2) is 23.6 Å². The van der Waals surface area contributed by atoms with Gasteiger partial charge in [0.2, 0.25) is 5.91 Å². The minimum atomic E-state index is -0.0327. The van der Waals surface area contributed by atoms with E-state index < -0.39 is 0 Å². The molecule has 1 saturated carbocycles. The molecule has 2 aliphatic rings. The highest BCUT2D eigenvalue weighted by Crippen LogP contribution is 2.48. The highest BCUT2D eigenvalue weighted by atomic mass is 32.1. The second-order valence-electron chi connectivity index (χ2n) is 6.81. The van der Waals surface area contributed by atoms with Crippen molar-refractivity contribution in [3.63, 3.8) is 0 Å². The summed E-state index contributed by atoms with van der Waals surface area (Å²) >= 11 is 1.63. The molecule has 0 unspecified atom stereocenters. The summed E-state index contributed by atoms with van der Waals surface area (Å²) in [4.78, 5) is 28.5. The van der Waals surface area contributed by atoms with E-state index >= 15 is 0 Å². The Bertz CT molecular complexity index is 603. The number of amides is 3. The van der Waals surface area contributed by atoms with Crippen LogP contribution < -0.4 is 5.32 Å². The number of likely N-dealkylation sites (tertiary alicyclic amines) is 1. The Morgan fingerprint density at radius 3 is 2.87 bits per heavy atom. The topological polar surface area (TPSA) is 52.7 Å². The molecule has 23 heavy (non-hydrogen) atoms. The molecule has 0 radical (unpaired) electrons. The molecule has 0 atom stereocenters. The largest absolute Gasteiger partial charge is 0.339 e. The molecule has 1 spiro atoms. The molecule has 124 valence electrons. The van der Waals surface area contributed by atoms with E-state index in [0.717, 1.165) is 37.2 Å². The van der Waals surface area contributed by atoms with Gasteiger partial charge in [0.25, 0.3) is 0 Å². The van der Waals surface area contributed by atoms with Crippen LogP contribution in [-0.4, -0.2) is 55.0 Å². The van der Waals surface area contributed by atoms with Crippen LogP contribution in [0.1, 0.15) is 24.1 Å². The average molecular weight is 333 g/mol. The highest BCUT2D eigenvalue weighted by Gasteiger charge is 2.49. The van der Waals surface area contributed by atoms with E-state index in [9.17, 15) is 9.59 Å². The van der Waals surface area contributed by atoms with Gasteiger partial charge in [0.05, 0.1) is 0 Å². The molecule has 1 aromatic heterocycles. The van der Waals surface area contributed by atoms with Crippen molar-refractivity contribution in [2.24, 2.45) is 5.41 Å². The van der Waals surface area contributed by atoms with Crippen molar-refractivity contribution in [1.82, 2.24) is 15.1 Å². The molecular formula is C17H23N3O2S. The molecular weight excluding hydrogens is 310 g/mol.